The zero-order chi connectivity index (χ0) is 24.4. The van der Waals surface area contributed by atoms with Crippen molar-refractivity contribution in [3.63, 3.8) is 0 Å². The molecular formula is C26H21F3N4O2. The molecule has 4 aromatic rings. The number of anilines is 1. The summed E-state index contributed by atoms with van der Waals surface area (Å²) in [4.78, 5) is 27.4. The third-order valence-electron chi connectivity index (χ3n) is 5.85. The number of halogens is 3. The van der Waals surface area contributed by atoms with Crippen LogP contribution in [0.2, 0.25) is 0 Å². The Bertz CT molecular complexity index is 1350. The molecule has 0 radical (unpaired) electrons. The summed E-state index contributed by atoms with van der Waals surface area (Å²) >= 11 is 0. The van der Waals surface area contributed by atoms with E-state index in [1.165, 1.54) is 18.6 Å². The SMILES string of the molecule is O=C(Oc1ccc(-c2nc3nc(N4CCCCC4)ncc3cc2-c2ccccc2)cc1)C(F)(F)F. The van der Waals surface area contributed by atoms with E-state index in [9.17, 15) is 18.0 Å². The molecular weight excluding hydrogens is 457 g/mol. The summed E-state index contributed by atoms with van der Waals surface area (Å²) in [5, 5.41) is 0.782. The number of esters is 1. The summed E-state index contributed by atoms with van der Waals surface area (Å²) in [6.07, 6.45) is 0.0950. The van der Waals surface area contributed by atoms with Crippen molar-refractivity contribution < 1.29 is 22.7 Å². The van der Waals surface area contributed by atoms with Crippen LogP contribution in [0.15, 0.2) is 66.9 Å². The van der Waals surface area contributed by atoms with E-state index in [1.54, 1.807) is 18.3 Å². The molecule has 0 spiro atoms. The predicted molar refractivity (Wildman–Crippen MR) is 126 cm³/mol. The van der Waals surface area contributed by atoms with Crippen molar-refractivity contribution in [2.75, 3.05) is 18.0 Å². The minimum absolute atomic E-state index is 0.201. The Kier molecular flexibility index (Phi) is 6.07. The smallest absolute Gasteiger partial charge is 0.420 e. The lowest BCUT2D eigenvalue weighted by Gasteiger charge is -2.26. The molecule has 1 saturated heterocycles. The minimum atomic E-state index is -5.06. The molecule has 1 aliphatic rings. The number of rotatable bonds is 4. The molecule has 0 saturated carbocycles. The van der Waals surface area contributed by atoms with Crippen molar-refractivity contribution in [3.8, 4) is 28.1 Å². The van der Waals surface area contributed by atoms with E-state index >= 15 is 0 Å². The number of hydrogen-bond donors (Lipinski definition) is 0. The summed E-state index contributed by atoms with van der Waals surface area (Å²) in [5.74, 6) is -1.83. The molecule has 2 aromatic heterocycles. The van der Waals surface area contributed by atoms with Crippen LogP contribution in [0, 0.1) is 0 Å². The van der Waals surface area contributed by atoms with Gasteiger partial charge in [0, 0.05) is 35.8 Å². The van der Waals surface area contributed by atoms with Gasteiger partial charge in [0.15, 0.2) is 5.65 Å². The van der Waals surface area contributed by atoms with Gasteiger partial charge in [0.05, 0.1) is 5.69 Å². The molecule has 0 unspecified atom stereocenters. The number of carbonyl (C=O) groups excluding carboxylic acids is 1. The second-order valence-electron chi connectivity index (χ2n) is 8.29. The van der Waals surface area contributed by atoms with E-state index in [0.29, 0.717) is 22.9 Å². The standard InChI is InChI=1S/C26H21F3N4O2/c27-26(28,29)24(34)35-20-11-9-18(10-12-20)22-21(17-7-3-1-4-8-17)15-19-16-30-25(32-23(19)31-22)33-13-5-2-6-14-33/h1,3-4,7-12,15-16H,2,5-6,13-14H2. The van der Waals surface area contributed by atoms with E-state index in [4.69, 9.17) is 9.97 Å². The summed E-state index contributed by atoms with van der Waals surface area (Å²) in [7, 11) is 0. The van der Waals surface area contributed by atoms with Crippen molar-refractivity contribution in [1.82, 2.24) is 15.0 Å². The molecule has 35 heavy (non-hydrogen) atoms. The molecule has 9 heteroatoms. The maximum Gasteiger partial charge on any atom is 0.491 e. The number of pyridine rings is 1. The first kappa shape index (κ1) is 22.8. The van der Waals surface area contributed by atoms with Gasteiger partial charge in [-0.2, -0.15) is 18.2 Å². The van der Waals surface area contributed by atoms with Crippen molar-refractivity contribution in [2.45, 2.75) is 25.4 Å². The summed E-state index contributed by atoms with van der Waals surface area (Å²) in [6.45, 7) is 1.80. The number of fused-ring (bicyclic) bond motifs is 1. The van der Waals surface area contributed by atoms with Crippen LogP contribution in [0.5, 0.6) is 5.75 Å². The Balaban J connectivity index is 1.56. The van der Waals surface area contributed by atoms with E-state index < -0.39 is 12.1 Å². The number of ether oxygens (including phenoxy) is 1. The Morgan fingerprint density at radius 2 is 1.60 bits per heavy atom. The largest absolute Gasteiger partial charge is 0.491 e. The van der Waals surface area contributed by atoms with Crippen LogP contribution in [-0.2, 0) is 4.79 Å². The molecule has 3 heterocycles. The number of hydrogen-bond acceptors (Lipinski definition) is 6. The highest BCUT2D eigenvalue weighted by Crippen LogP contribution is 2.34. The number of carbonyl (C=O) groups is 1. The van der Waals surface area contributed by atoms with E-state index in [1.807, 2.05) is 36.4 Å². The monoisotopic (exact) mass is 478 g/mol. The highest BCUT2D eigenvalue weighted by atomic mass is 19.4. The predicted octanol–water partition coefficient (Wildman–Crippen LogP) is 5.82. The maximum absolute atomic E-state index is 12.5. The second kappa shape index (κ2) is 9.32. The second-order valence-corrected chi connectivity index (χ2v) is 8.29. The van der Waals surface area contributed by atoms with Crippen LogP contribution in [0.25, 0.3) is 33.4 Å². The van der Waals surface area contributed by atoms with Gasteiger partial charge in [0.2, 0.25) is 5.95 Å². The summed E-state index contributed by atoms with van der Waals surface area (Å²) in [5.41, 5.74) is 3.54. The molecule has 178 valence electrons. The van der Waals surface area contributed by atoms with Gasteiger partial charge in [-0.05, 0) is 55.2 Å². The van der Waals surface area contributed by atoms with Gasteiger partial charge < -0.3 is 9.64 Å². The van der Waals surface area contributed by atoms with Crippen molar-refractivity contribution in [2.24, 2.45) is 0 Å². The number of piperidine rings is 1. The van der Waals surface area contributed by atoms with Gasteiger partial charge in [-0.15, -0.1) is 0 Å². The number of aromatic nitrogens is 3. The molecule has 1 fully saturated rings. The topological polar surface area (TPSA) is 68.2 Å². The van der Waals surface area contributed by atoms with Crippen LogP contribution in [0.3, 0.4) is 0 Å². The Hall–Kier alpha value is -4.01. The fraction of sp³-hybridized carbons (Fsp3) is 0.231. The Morgan fingerprint density at radius 3 is 2.29 bits per heavy atom. The van der Waals surface area contributed by atoms with Crippen LogP contribution < -0.4 is 9.64 Å². The zero-order valence-corrected chi connectivity index (χ0v) is 18.6. The van der Waals surface area contributed by atoms with Gasteiger partial charge >= 0.3 is 12.1 Å². The molecule has 1 aliphatic heterocycles. The highest BCUT2D eigenvalue weighted by Gasteiger charge is 2.41. The lowest BCUT2D eigenvalue weighted by molar-refractivity contribution is -0.189. The molecule has 0 bridgehead atoms. The van der Waals surface area contributed by atoms with Crippen molar-refractivity contribution in [3.05, 3.63) is 66.9 Å². The summed E-state index contributed by atoms with van der Waals surface area (Å²) in [6, 6.07) is 17.4. The normalized spacial score (nSPS) is 14.2. The molecule has 0 atom stereocenters. The Morgan fingerprint density at radius 1 is 0.886 bits per heavy atom. The van der Waals surface area contributed by atoms with Crippen LogP contribution >= 0.6 is 0 Å². The summed E-state index contributed by atoms with van der Waals surface area (Å²) < 4.78 is 42.0. The lowest BCUT2D eigenvalue weighted by atomic mass is 9.98. The van der Waals surface area contributed by atoms with Gasteiger partial charge in [-0.25, -0.2) is 14.8 Å². The fourth-order valence-corrected chi connectivity index (χ4v) is 4.10. The first-order valence-electron chi connectivity index (χ1n) is 11.3. The van der Waals surface area contributed by atoms with Crippen LogP contribution in [0.4, 0.5) is 19.1 Å². The van der Waals surface area contributed by atoms with Gasteiger partial charge in [0.1, 0.15) is 5.75 Å². The zero-order valence-electron chi connectivity index (χ0n) is 18.6. The quantitative estimate of drug-likeness (QED) is 0.272. The molecule has 2 aromatic carbocycles. The van der Waals surface area contributed by atoms with Crippen molar-refractivity contribution >= 4 is 23.0 Å². The average molecular weight is 478 g/mol. The third kappa shape index (κ3) is 4.94. The van der Waals surface area contributed by atoms with Crippen LogP contribution in [0.1, 0.15) is 19.3 Å². The van der Waals surface area contributed by atoms with E-state index in [-0.39, 0.29) is 5.75 Å². The average Bonchev–Trinajstić information content (AvgIpc) is 2.88. The van der Waals surface area contributed by atoms with Gasteiger partial charge in [-0.1, -0.05) is 30.3 Å². The van der Waals surface area contributed by atoms with Gasteiger partial charge in [-0.3, -0.25) is 0 Å². The minimum Gasteiger partial charge on any atom is -0.420 e. The first-order chi connectivity index (χ1) is 16.9. The number of benzene rings is 2. The first-order valence-corrected chi connectivity index (χ1v) is 11.3. The maximum atomic E-state index is 12.5. The third-order valence-corrected chi connectivity index (χ3v) is 5.85. The van der Waals surface area contributed by atoms with Crippen LogP contribution in [-0.4, -0.2) is 40.2 Å². The highest BCUT2D eigenvalue weighted by molar-refractivity contribution is 5.90. The molecule has 5 rings (SSSR count). The Labute approximate surface area is 199 Å². The molecule has 0 amide bonds. The number of nitrogens with zero attached hydrogens (tertiary/aromatic N) is 4. The van der Waals surface area contributed by atoms with E-state index in [0.717, 1.165) is 42.4 Å². The van der Waals surface area contributed by atoms with Gasteiger partial charge in [0.25, 0.3) is 0 Å². The van der Waals surface area contributed by atoms with E-state index in [2.05, 4.69) is 14.6 Å². The lowest BCUT2D eigenvalue weighted by Crippen LogP contribution is -2.30. The molecule has 0 N–H and O–H groups in total. The molecule has 0 aliphatic carbocycles. The molecule has 6 nitrogen and oxygen atoms in total. The fourth-order valence-electron chi connectivity index (χ4n) is 4.10. The van der Waals surface area contributed by atoms with Crippen molar-refractivity contribution in [1.29, 1.82) is 0 Å². The number of alkyl halides is 3.